The fourth-order valence-electron chi connectivity index (χ4n) is 1.36. The van der Waals surface area contributed by atoms with E-state index in [4.69, 9.17) is 0 Å². The van der Waals surface area contributed by atoms with Gasteiger partial charge in [0.25, 0.3) is 0 Å². The Bertz CT molecular complexity index is 506. The van der Waals surface area contributed by atoms with Gasteiger partial charge in [0.1, 0.15) is 0 Å². The van der Waals surface area contributed by atoms with Gasteiger partial charge in [-0.15, -0.1) is 5.75 Å². The molecule has 0 aliphatic heterocycles. The molecule has 0 unspecified atom stereocenters. The van der Waals surface area contributed by atoms with Crippen LogP contribution in [0.15, 0.2) is 53.5 Å². The van der Waals surface area contributed by atoms with Crippen molar-refractivity contribution >= 4 is 11.9 Å². The van der Waals surface area contributed by atoms with Gasteiger partial charge in [0.2, 0.25) is 0 Å². The minimum atomic E-state index is -0.00152. The quantitative estimate of drug-likeness (QED) is 0.508. The topological polar surface area (TPSA) is 35.4 Å². The molecule has 0 aliphatic rings. The number of para-hydroxylation sites is 1. The van der Waals surface area contributed by atoms with Gasteiger partial charge in [-0.1, -0.05) is 42.0 Å². The van der Waals surface area contributed by atoms with E-state index in [2.05, 4.69) is 4.99 Å². The van der Waals surface area contributed by atoms with Crippen LogP contribution in [0.4, 0.5) is 5.69 Å². The Morgan fingerprint density at radius 3 is 2.29 bits per heavy atom. The average Bonchev–Trinajstić information content (AvgIpc) is 2.30. The van der Waals surface area contributed by atoms with Gasteiger partial charge in [-0.3, -0.25) is 4.99 Å². The standard InChI is InChI=1S/C14H13NO.Li/c1-11-6-8-13(9-7-11)15-10-12-4-2-3-5-14(12)16;/h2-10,16H,1H3;/q;+1/p-1. The van der Waals surface area contributed by atoms with Crippen LogP contribution in [0.25, 0.3) is 0 Å². The van der Waals surface area contributed by atoms with Crippen LogP contribution >= 0.6 is 0 Å². The van der Waals surface area contributed by atoms with Crippen molar-refractivity contribution in [3.8, 4) is 5.75 Å². The van der Waals surface area contributed by atoms with Crippen molar-refractivity contribution in [2.75, 3.05) is 0 Å². The first-order valence-electron chi connectivity index (χ1n) is 5.12. The van der Waals surface area contributed by atoms with E-state index in [1.165, 1.54) is 11.6 Å². The van der Waals surface area contributed by atoms with Gasteiger partial charge >= 0.3 is 18.9 Å². The second kappa shape index (κ2) is 6.29. The third kappa shape index (κ3) is 3.78. The van der Waals surface area contributed by atoms with Gasteiger partial charge in [-0.25, -0.2) is 0 Å². The number of rotatable bonds is 2. The molecule has 2 aromatic carbocycles. The number of nitrogens with zero attached hydrogens (tertiary/aromatic N) is 1. The molecule has 0 bridgehead atoms. The molecule has 0 fully saturated rings. The van der Waals surface area contributed by atoms with Gasteiger partial charge in [-0.05, 0) is 24.6 Å². The maximum Gasteiger partial charge on any atom is 1.00 e. The third-order valence-corrected chi connectivity index (χ3v) is 2.31. The Hall–Kier alpha value is -1.49. The van der Waals surface area contributed by atoms with Crippen molar-refractivity contribution in [3.63, 3.8) is 0 Å². The molecular weight excluding hydrogens is 205 g/mol. The number of aryl methyl sites for hydroxylation is 1. The monoisotopic (exact) mass is 217 g/mol. The molecule has 0 saturated carbocycles. The van der Waals surface area contributed by atoms with E-state index in [1.54, 1.807) is 18.3 Å². The Morgan fingerprint density at radius 2 is 1.65 bits per heavy atom. The van der Waals surface area contributed by atoms with E-state index in [-0.39, 0.29) is 24.6 Å². The molecule has 17 heavy (non-hydrogen) atoms. The second-order valence-corrected chi connectivity index (χ2v) is 3.63. The van der Waals surface area contributed by atoms with Crippen molar-refractivity contribution < 1.29 is 24.0 Å². The number of hydrogen-bond donors (Lipinski definition) is 0. The van der Waals surface area contributed by atoms with Crippen LogP contribution in [0, 0.1) is 6.92 Å². The second-order valence-electron chi connectivity index (χ2n) is 3.63. The molecule has 0 spiro atoms. The molecule has 0 aromatic heterocycles. The largest absolute Gasteiger partial charge is 1.00 e. The maximum atomic E-state index is 11.4. The summed E-state index contributed by atoms with van der Waals surface area (Å²) in [6.45, 7) is 2.03. The molecule has 0 radical (unpaired) electrons. The van der Waals surface area contributed by atoms with Gasteiger partial charge in [-0.2, -0.15) is 0 Å². The van der Waals surface area contributed by atoms with Crippen molar-refractivity contribution in [1.82, 2.24) is 0 Å². The first kappa shape index (κ1) is 13.6. The summed E-state index contributed by atoms with van der Waals surface area (Å²) in [5.74, 6) is -0.00152. The smallest absolute Gasteiger partial charge is 0.872 e. The average molecular weight is 217 g/mol. The predicted molar refractivity (Wildman–Crippen MR) is 64.3 cm³/mol. The van der Waals surface area contributed by atoms with Crippen LogP contribution in [0.3, 0.4) is 0 Å². The zero-order valence-electron chi connectivity index (χ0n) is 10.1. The molecule has 0 saturated heterocycles. The maximum absolute atomic E-state index is 11.4. The molecule has 2 nitrogen and oxygen atoms in total. The van der Waals surface area contributed by atoms with Crippen LogP contribution in [0.2, 0.25) is 0 Å². The third-order valence-electron chi connectivity index (χ3n) is 2.31. The van der Waals surface area contributed by atoms with Crippen molar-refractivity contribution in [1.29, 1.82) is 0 Å². The summed E-state index contributed by atoms with van der Waals surface area (Å²) < 4.78 is 0. The van der Waals surface area contributed by atoms with Crippen molar-refractivity contribution in [3.05, 3.63) is 59.7 Å². The molecule has 80 valence electrons. The molecule has 3 heteroatoms. The van der Waals surface area contributed by atoms with E-state index in [9.17, 15) is 5.11 Å². The number of hydrogen-bond acceptors (Lipinski definition) is 2. The van der Waals surface area contributed by atoms with Gasteiger partial charge in [0.05, 0.1) is 5.69 Å². The minimum absolute atomic E-state index is 0. The van der Waals surface area contributed by atoms with E-state index in [0.717, 1.165) is 5.69 Å². The molecule has 0 heterocycles. The van der Waals surface area contributed by atoms with Gasteiger partial charge in [0, 0.05) is 6.21 Å². The molecule has 0 aliphatic carbocycles. The van der Waals surface area contributed by atoms with Crippen LogP contribution in [0.5, 0.6) is 5.75 Å². The normalized spacial score (nSPS) is 10.2. The molecule has 0 amide bonds. The summed E-state index contributed by atoms with van der Waals surface area (Å²) in [5.41, 5.74) is 2.67. The van der Waals surface area contributed by atoms with E-state index < -0.39 is 0 Å². The summed E-state index contributed by atoms with van der Waals surface area (Å²) in [4.78, 5) is 4.25. The van der Waals surface area contributed by atoms with Crippen LogP contribution in [-0.2, 0) is 0 Å². The van der Waals surface area contributed by atoms with Crippen LogP contribution in [0.1, 0.15) is 11.1 Å². The van der Waals surface area contributed by atoms with Crippen molar-refractivity contribution in [2.24, 2.45) is 4.99 Å². The zero-order chi connectivity index (χ0) is 11.4. The van der Waals surface area contributed by atoms with E-state index in [1.807, 2.05) is 37.3 Å². The van der Waals surface area contributed by atoms with Crippen LogP contribution in [-0.4, -0.2) is 6.21 Å². The molecule has 0 atom stereocenters. The molecule has 0 N–H and O–H groups in total. The fraction of sp³-hybridized carbons (Fsp3) is 0.0714. The summed E-state index contributed by atoms with van der Waals surface area (Å²) in [7, 11) is 0. The van der Waals surface area contributed by atoms with Gasteiger partial charge < -0.3 is 5.11 Å². The zero-order valence-corrected chi connectivity index (χ0v) is 10.1. The first-order chi connectivity index (χ1) is 7.75. The van der Waals surface area contributed by atoms with E-state index in [0.29, 0.717) is 5.56 Å². The number of benzene rings is 2. The Balaban J connectivity index is 0.00000144. The van der Waals surface area contributed by atoms with Gasteiger partial charge in [0.15, 0.2) is 0 Å². The Kier molecular flexibility index (Phi) is 5.02. The molecule has 2 rings (SSSR count). The summed E-state index contributed by atoms with van der Waals surface area (Å²) in [6.07, 6.45) is 1.60. The minimum Gasteiger partial charge on any atom is -0.872 e. The summed E-state index contributed by atoms with van der Waals surface area (Å²) in [5, 5.41) is 11.4. The fourth-order valence-corrected chi connectivity index (χ4v) is 1.36. The SMILES string of the molecule is Cc1ccc(N=Cc2ccccc2[O-])cc1.[Li+]. The van der Waals surface area contributed by atoms with Crippen molar-refractivity contribution in [2.45, 2.75) is 6.92 Å². The Labute approximate surface area is 113 Å². The molecular formula is C14H12LiNO. The first-order valence-corrected chi connectivity index (χ1v) is 5.12. The van der Waals surface area contributed by atoms with E-state index >= 15 is 0 Å². The van der Waals surface area contributed by atoms with Crippen LogP contribution < -0.4 is 24.0 Å². The summed E-state index contributed by atoms with van der Waals surface area (Å²) >= 11 is 0. The number of aliphatic imine (C=N–C) groups is 1. The predicted octanol–water partition coefficient (Wildman–Crippen LogP) is -0.177. The Morgan fingerprint density at radius 1 is 1.00 bits per heavy atom. The summed E-state index contributed by atoms with van der Waals surface area (Å²) in [6, 6.07) is 14.7. The molecule has 2 aromatic rings.